The summed E-state index contributed by atoms with van der Waals surface area (Å²) in [6, 6.07) is 3.72. The van der Waals surface area contributed by atoms with Crippen LogP contribution in [0.15, 0.2) is 23.4 Å². The fourth-order valence-electron chi connectivity index (χ4n) is 1.26. The summed E-state index contributed by atoms with van der Waals surface area (Å²) in [6.07, 6.45) is 2.69. The van der Waals surface area contributed by atoms with Crippen molar-refractivity contribution >= 4 is 23.4 Å². The van der Waals surface area contributed by atoms with Crippen LogP contribution in [-0.4, -0.2) is 34.5 Å². The molecule has 0 saturated heterocycles. The van der Waals surface area contributed by atoms with Gasteiger partial charge in [-0.15, -0.1) is 11.8 Å². The fourth-order valence-corrected chi connectivity index (χ4v) is 2.32. The van der Waals surface area contributed by atoms with Crippen LogP contribution in [0.25, 0.3) is 0 Å². The Morgan fingerprint density at radius 3 is 2.82 bits per heavy atom. The number of thioether (sulfide) groups is 1. The molecule has 1 heterocycles. The summed E-state index contributed by atoms with van der Waals surface area (Å²) in [5.74, 6) is 0.776. The molecule has 0 amide bonds. The monoisotopic (exact) mass is 274 g/mol. The summed E-state index contributed by atoms with van der Waals surface area (Å²) in [6.45, 7) is 5.16. The van der Waals surface area contributed by atoms with E-state index < -0.39 is 0 Å². The largest absolute Gasteiger partial charge is 0.394 e. The van der Waals surface area contributed by atoms with Gasteiger partial charge in [0.25, 0.3) is 0 Å². The molecule has 0 radical (unpaired) electrons. The van der Waals surface area contributed by atoms with Crippen LogP contribution in [0.3, 0.4) is 0 Å². The molecule has 0 saturated carbocycles. The van der Waals surface area contributed by atoms with Crippen molar-refractivity contribution in [3.8, 4) is 0 Å². The van der Waals surface area contributed by atoms with Gasteiger partial charge in [0.15, 0.2) is 0 Å². The SMILES string of the molecule is CCCNC(C)(CO)CSc1ccc(Cl)cn1. The minimum Gasteiger partial charge on any atom is -0.394 e. The third-order valence-corrected chi connectivity index (χ3v) is 3.93. The molecular formula is C12H19ClN2OS. The van der Waals surface area contributed by atoms with Crippen molar-refractivity contribution in [2.24, 2.45) is 0 Å². The van der Waals surface area contributed by atoms with Crippen LogP contribution in [0, 0.1) is 0 Å². The van der Waals surface area contributed by atoms with Gasteiger partial charge in [-0.25, -0.2) is 4.98 Å². The van der Waals surface area contributed by atoms with Gasteiger partial charge in [-0.2, -0.15) is 0 Å². The highest BCUT2D eigenvalue weighted by atomic mass is 35.5. The molecule has 0 bridgehead atoms. The first-order valence-electron chi connectivity index (χ1n) is 5.70. The zero-order valence-corrected chi connectivity index (χ0v) is 11.8. The molecule has 1 unspecified atom stereocenters. The number of aromatic nitrogens is 1. The summed E-state index contributed by atoms with van der Waals surface area (Å²) in [5.41, 5.74) is -0.262. The topological polar surface area (TPSA) is 45.1 Å². The first kappa shape index (κ1) is 14.8. The van der Waals surface area contributed by atoms with E-state index in [1.807, 2.05) is 19.1 Å². The van der Waals surface area contributed by atoms with Gasteiger partial charge in [-0.1, -0.05) is 18.5 Å². The molecule has 1 rings (SSSR count). The lowest BCUT2D eigenvalue weighted by Crippen LogP contribution is -2.48. The van der Waals surface area contributed by atoms with Gasteiger partial charge < -0.3 is 10.4 Å². The predicted octanol–water partition coefficient (Wildman–Crippen LogP) is 2.58. The van der Waals surface area contributed by atoms with Gasteiger partial charge in [0.2, 0.25) is 0 Å². The van der Waals surface area contributed by atoms with E-state index in [-0.39, 0.29) is 12.1 Å². The second-order valence-electron chi connectivity index (χ2n) is 4.25. The lowest BCUT2D eigenvalue weighted by Gasteiger charge is -2.28. The number of halogens is 1. The van der Waals surface area contributed by atoms with Gasteiger partial charge in [0, 0.05) is 17.5 Å². The molecule has 3 nitrogen and oxygen atoms in total. The van der Waals surface area contributed by atoms with Crippen molar-refractivity contribution in [3.63, 3.8) is 0 Å². The Morgan fingerprint density at radius 1 is 1.53 bits per heavy atom. The number of nitrogens with one attached hydrogen (secondary N) is 1. The molecule has 0 aromatic carbocycles. The summed E-state index contributed by atoms with van der Waals surface area (Å²) in [5, 5.41) is 14.3. The van der Waals surface area contributed by atoms with E-state index in [0.717, 1.165) is 23.7 Å². The van der Waals surface area contributed by atoms with Crippen molar-refractivity contribution in [3.05, 3.63) is 23.4 Å². The fraction of sp³-hybridized carbons (Fsp3) is 0.583. The van der Waals surface area contributed by atoms with Crippen molar-refractivity contribution in [1.82, 2.24) is 10.3 Å². The van der Waals surface area contributed by atoms with E-state index >= 15 is 0 Å². The highest BCUT2D eigenvalue weighted by molar-refractivity contribution is 7.99. The molecular weight excluding hydrogens is 256 g/mol. The number of hydrogen-bond donors (Lipinski definition) is 2. The Morgan fingerprint density at radius 2 is 2.29 bits per heavy atom. The van der Waals surface area contributed by atoms with Crippen LogP contribution < -0.4 is 5.32 Å². The molecule has 17 heavy (non-hydrogen) atoms. The average molecular weight is 275 g/mol. The third kappa shape index (κ3) is 5.25. The number of rotatable bonds is 7. The Labute approximate surface area is 112 Å². The van der Waals surface area contributed by atoms with Crippen LogP contribution in [0.5, 0.6) is 0 Å². The lowest BCUT2D eigenvalue weighted by molar-refractivity contribution is 0.192. The Balaban J connectivity index is 2.49. The maximum Gasteiger partial charge on any atom is 0.0961 e. The first-order chi connectivity index (χ1) is 8.09. The molecule has 0 fully saturated rings. The molecule has 0 aliphatic carbocycles. The quantitative estimate of drug-likeness (QED) is 0.750. The zero-order valence-electron chi connectivity index (χ0n) is 10.2. The number of hydrogen-bond acceptors (Lipinski definition) is 4. The normalized spacial score (nSPS) is 14.6. The Hall–Kier alpha value is -0.290. The van der Waals surface area contributed by atoms with Crippen LogP contribution in [0.1, 0.15) is 20.3 Å². The minimum absolute atomic E-state index is 0.119. The van der Waals surface area contributed by atoms with Gasteiger partial charge >= 0.3 is 0 Å². The maximum atomic E-state index is 9.42. The summed E-state index contributed by atoms with van der Waals surface area (Å²) in [7, 11) is 0. The lowest BCUT2D eigenvalue weighted by atomic mass is 10.1. The molecule has 1 aromatic heterocycles. The number of aliphatic hydroxyl groups is 1. The van der Waals surface area contributed by atoms with Crippen LogP contribution in [0.2, 0.25) is 5.02 Å². The van der Waals surface area contributed by atoms with E-state index in [4.69, 9.17) is 11.6 Å². The van der Waals surface area contributed by atoms with Crippen LogP contribution >= 0.6 is 23.4 Å². The number of nitrogens with zero attached hydrogens (tertiary/aromatic N) is 1. The van der Waals surface area contributed by atoms with Gasteiger partial charge in [0.05, 0.1) is 16.7 Å². The minimum atomic E-state index is -0.262. The standard InChI is InChI=1S/C12H19ClN2OS/c1-3-6-15-12(2,8-16)9-17-11-5-4-10(13)7-14-11/h4-5,7,15-16H,3,6,8-9H2,1-2H3. The highest BCUT2D eigenvalue weighted by Gasteiger charge is 2.22. The Bertz CT molecular complexity index is 334. The molecule has 1 aromatic rings. The third-order valence-electron chi connectivity index (χ3n) is 2.39. The maximum absolute atomic E-state index is 9.42. The Kier molecular flexibility index (Phi) is 6.27. The summed E-state index contributed by atoms with van der Waals surface area (Å²) in [4.78, 5) is 4.22. The van der Waals surface area contributed by atoms with E-state index in [1.165, 1.54) is 0 Å². The molecule has 2 N–H and O–H groups in total. The van der Waals surface area contributed by atoms with E-state index in [0.29, 0.717) is 5.02 Å². The van der Waals surface area contributed by atoms with Gasteiger partial charge in [-0.3, -0.25) is 0 Å². The molecule has 0 spiro atoms. The highest BCUT2D eigenvalue weighted by Crippen LogP contribution is 2.21. The van der Waals surface area contributed by atoms with E-state index in [1.54, 1.807) is 18.0 Å². The molecule has 96 valence electrons. The molecule has 0 aliphatic rings. The van der Waals surface area contributed by atoms with Gasteiger partial charge in [0.1, 0.15) is 0 Å². The van der Waals surface area contributed by atoms with Crippen molar-refractivity contribution in [2.45, 2.75) is 30.8 Å². The first-order valence-corrected chi connectivity index (χ1v) is 7.06. The van der Waals surface area contributed by atoms with Crippen molar-refractivity contribution < 1.29 is 5.11 Å². The zero-order chi connectivity index (χ0) is 12.7. The van der Waals surface area contributed by atoms with Crippen LogP contribution in [0.4, 0.5) is 0 Å². The second kappa shape index (κ2) is 7.21. The second-order valence-corrected chi connectivity index (χ2v) is 5.68. The smallest absolute Gasteiger partial charge is 0.0961 e. The predicted molar refractivity (Wildman–Crippen MR) is 73.8 cm³/mol. The number of pyridine rings is 1. The van der Waals surface area contributed by atoms with Crippen LogP contribution in [-0.2, 0) is 0 Å². The average Bonchev–Trinajstić information content (AvgIpc) is 2.36. The van der Waals surface area contributed by atoms with Crippen molar-refractivity contribution in [1.29, 1.82) is 0 Å². The van der Waals surface area contributed by atoms with E-state index in [2.05, 4.69) is 17.2 Å². The van der Waals surface area contributed by atoms with Crippen molar-refractivity contribution in [2.75, 3.05) is 18.9 Å². The molecule has 0 aliphatic heterocycles. The summed E-state index contributed by atoms with van der Waals surface area (Å²) >= 11 is 7.39. The van der Waals surface area contributed by atoms with E-state index in [9.17, 15) is 5.11 Å². The molecule has 1 atom stereocenters. The molecule has 5 heteroatoms. The van der Waals surface area contributed by atoms with Gasteiger partial charge in [-0.05, 0) is 32.0 Å². The summed E-state index contributed by atoms with van der Waals surface area (Å²) < 4.78 is 0. The number of aliphatic hydroxyl groups excluding tert-OH is 1.